The number of hydrogen-bond acceptors (Lipinski definition) is 4. The fourth-order valence-electron chi connectivity index (χ4n) is 3.51. The van der Waals surface area contributed by atoms with Gasteiger partial charge in [0.2, 0.25) is 6.61 Å². The Bertz CT molecular complexity index is 913. The van der Waals surface area contributed by atoms with Crippen molar-refractivity contribution in [1.82, 2.24) is 0 Å². The Kier molecular flexibility index (Phi) is 9.65. The van der Waals surface area contributed by atoms with Gasteiger partial charge in [0.15, 0.2) is 6.10 Å². The van der Waals surface area contributed by atoms with Crippen LogP contribution in [0.3, 0.4) is 0 Å². The molecule has 4 atom stereocenters. The van der Waals surface area contributed by atoms with Crippen LogP contribution < -0.4 is 17.0 Å². The minimum atomic E-state index is -0.648. The first kappa shape index (κ1) is 23.0. The second-order valence-electron chi connectivity index (χ2n) is 7.53. The Morgan fingerprint density at radius 3 is 1.81 bits per heavy atom. The van der Waals surface area contributed by atoms with Crippen molar-refractivity contribution in [1.29, 1.82) is 0 Å². The zero-order chi connectivity index (χ0) is 22.0. The molecule has 1 saturated heterocycles. The summed E-state index contributed by atoms with van der Waals surface area (Å²) in [6, 6.07) is 30.0. The molecule has 0 spiro atoms. The third-order valence-electron chi connectivity index (χ3n) is 5.18. The number of ether oxygens (including phenoxy) is 4. The summed E-state index contributed by atoms with van der Waals surface area (Å²) < 4.78 is 32.8. The van der Waals surface area contributed by atoms with Crippen molar-refractivity contribution in [2.45, 2.75) is 44.5 Å². The van der Waals surface area contributed by atoms with Crippen LogP contribution in [0.4, 0.5) is 0 Å². The lowest BCUT2D eigenvalue weighted by atomic mass is 10.0. The Labute approximate surface area is 202 Å². The molecule has 0 unspecified atom stereocenters. The summed E-state index contributed by atoms with van der Waals surface area (Å²) in [4.78, 5) is 0. The van der Waals surface area contributed by atoms with Gasteiger partial charge < -0.3 is 31.2 Å². The molecule has 0 aliphatic carbocycles. The van der Waals surface area contributed by atoms with Crippen LogP contribution in [0.5, 0.6) is 0 Å². The van der Waals surface area contributed by atoms with Gasteiger partial charge in [0, 0.05) is 0 Å². The van der Waals surface area contributed by atoms with Crippen LogP contribution in [0.1, 0.15) is 24.5 Å². The zero-order valence-corrected chi connectivity index (χ0v) is 19.5. The van der Waals surface area contributed by atoms with E-state index in [4.69, 9.17) is 20.3 Å². The van der Waals surface area contributed by atoms with E-state index in [1.54, 1.807) is 0 Å². The fraction of sp³-hybridized carbons (Fsp3) is 0.296. The maximum Gasteiger partial charge on any atom is 0.230 e. The molecule has 4 rings (SSSR count). The smallest absolute Gasteiger partial charge is 0.230 e. The van der Waals surface area contributed by atoms with E-state index in [-0.39, 0.29) is 23.1 Å². The predicted molar refractivity (Wildman–Crippen MR) is 120 cm³/mol. The Balaban J connectivity index is 0.00000306. The lowest BCUT2D eigenvalue weighted by molar-refractivity contribution is -0.181. The predicted octanol–water partition coefficient (Wildman–Crippen LogP) is 2.33. The van der Waals surface area contributed by atoms with Gasteiger partial charge in [-0.2, -0.15) is 4.74 Å². The summed E-state index contributed by atoms with van der Waals surface area (Å²) in [6.07, 6.45) is -1.89. The molecule has 1 heterocycles. The van der Waals surface area contributed by atoms with E-state index >= 15 is 0 Å². The van der Waals surface area contributed by atoms with Crippen LogP contribution in [-0.4, -0.2) is 24.9 Å². The SMILES string of the molecule is [2H][C@@H]1[CH+]O[C@H](COCc2ccccc2)[C@@H](OCc2ccccc2)[C@@H]1OCc1ccccc1.[Br-]. The lowest BCUT2D eigenvalue weighted by Crippen LogP contribution is -3.00. The van der Waals surface area contributed by atoms with E-state index in [0.717, 1.165) is 16.7 Å². The molecule has 0 amide bonds. The molecular weight excluding hydrogens is 468 g/mol. The Morgan fingerprint density at radius 2 is 1.25 bits per heavy atom. The highest BCUT2D eigenvalue weighted by molar-refractivity contribution is 5.15. The molecule has 1 aliphatic heterocycles. The second-order valence-corrected chi connectivity index (χ2v) is 7.53. The van der Waals surface area contributed by atoms with Crippen molar-refractivity contribution >= 4 is 0 Å². The number of hydrogen-bond donors (Lipinski definition) is 0. The van der Waals surface area contributed by atoms with E-state index in [2.05, 4.69) is 0 Å². The van der Waals surface area contributed by atoms with Gasteiger partial charge in [0.05, 0.1) is 27.8 Å². The molecule has 168 valence electrons. The van der Waals surface area contributed by atoms with E-state index in [0.29, 0.717) is 26.4 Å². The maximum atomic E-state index is 8.48. The molecule has 3 aromatic carbocycles. The second kappa shape index (κ2) is 13.4. The molecule has 0 saturated carbocycles. The van der Waals surface area contributed by atoms with Gasteiger partial charge in [-0.05, 0) is 16.7 Å². The van der Waals surface area contributed by atoms with Crippen molar-refractivity contribution in [2.24, 2.45) is 0 Å². The van der Waals surface area contributed by atoms with E-state index in [9.17, 15) is 0 Å². The zero-order valence-electron chi connectivity index (χ0n) is 18.9. The molecule has 0 aromatic heterocycles. The van der Waals surface area contributed by atoms with Gasteiger partial charge in [-0.15, -0.1) is 0 Å². The lowest BCUT2D eigenvalue weighted by Gasteiger charge is -2.33. The van der Waals surface area contributed by atoms with Crippen molar-refractivity contribution in [2.75, 3.05) is 6.61 Å². The van der Waals surface area contributed by atoms with Crippen molar-refractivity contribution in [3.8, 4) is 0 Å². The molecule has 32 heavy (non-hydrogen) atoms. The summed E-state index contributed by atoms with van der Waals surface area (Å²) in [7, 11) is 0. The van der Waals surface area contributed by atoms with Crippen LogP contribution in [0.25, 0.3) is 0 Å². The summed E-state index contributed by atoms with van der Waals surface area (Å²) in [5, 5.41) is 0. The quantitative estimate of drug-likeness (QED) is 0.403. The van der Waals surface area contributed by atoms with Crippen molar-refractivity contribution in [3.05, 3.63) is 114 Å². The maximum absolute atomic E-state index is 8.48. The molecule has 3 aromatic rings. The average molecular weight is 498 g/mol. The first-order chi connectivity index (χ1) is 15.8. The van der Waals surface area contributed by atoms with E-state index < -0.39 is 18.6 Å². The van der Waals surface area contributed by atoms with E-state index in [1.807, 2.05) is 91.0 Å². The van der Waals surface area contributed by atoms with Gasteiger partial charge in [-0.1, -0.05) is 91.0 Å². The molecular formula is C27H29BrO4. The third-order valence-corrected chi connectivity index (χ3v) is 5.18. The Hall–Kier alpha value is -2.15. The number of rotatable bonds is 10. The van der Waals surface area contributed by atoms with Crippen LogP contribution in [0.15, 0.2) is 91.0 Å². The molecule has 1 aliphatic rings. The highest BCUT2D eigenvalue weighted by Gasteiger charge is 2.41. The van der Waals surface area contributed by atoms with Crippen molar-refractivity contribution < 1.29 is 37.3 Å². The number of halogens is 1. The van der Waals surface area contributed by atoms with Crippen LogP contribution >= 0.6 is 0 Å². The third kappa shape index (κ3) is 7.47. The summed E-state index contributed by atoms with van der Waals surface area (Å²) >= 11 is 0. The first-order valence-corrected chi connectivity index (χ1v) is 10.6. The van der Waals surface area contributed by atoms with Crippen molar-refractivity contribution in [3.63, 3.8) is 0 Å². The highest BCUT2D eigenvalue weighted by Crippen LogP contribution is 2.26. The van der Waals surface area contributed by atoms with Crippen LogP contribution in [0.2, 0.25) is 0 Å². The van der Waals surface area contributed by atoms with Crippen LogP contribution in [-0.2, 0) is 38.8 Å². The summed E-state index contributed by atoms with van der Waals surface area (Å²) in [5.41, 5.74) is 3.23. The molecule has 5 heteroatoms. The summed E-state index contributed by atoms with van der Waals surface area (Å²) in [5.74, 6) is 0. The van der Waals surface area contributed by atoms with Gasteiger partial charge in [-0.25, -0.2) is 0 Å². The molecule has 1 fully saturated rings. The number of benzene rings is 3. The largest absolute Gasteiger partial charge is 1.00 e. The molecule has 0 N–H and O–H groups in total. The normalized spacial score (nSPS) is 22.9. The van der Waals surface area contributed by atoms with Crippen LogP contribution in [0, 0.1) is 6.61 Å². The molecule has 0 bridgehead atoms. The Morgan fingerprint density at radius 1 is 0.750 bits per heavy atom. The van der Waals surface area contributed by atoms with Gasteiger partial charge in [0.1, 0.15) is 18.6 Å². The van der Waals surface area contributed by atoms with Gasteiger partial charge in [-0.3, -0.25) is 0 Å². The minimum Gasteiger partial charge on any atom is -1.00 e. The monoisotopic (exact) mass is 497 g/mol. The van der Waals surface area contributed by atoms with Gasteiger partial charge in [0.25, 0.3) is 0 Å². The van der Waals surface area contributed by atoms with Gasteiger partial charge >= 0.3 is 0 Å². The first-order valence-electron chi connectivity index (χ1n) is 11.2. The van der Waals surface area contributed by atoms with E-state index in [1.165, 1.54) is 6.61 Å². The average Bonchev–Trinajstić information content (AvgIpc) is 2.85. The summed E-state index contributed by atoms with van der Waals surface area (Å²) in [6.45, 7) is 3.21. The molecule has 0 radical (unpaired) electrons. The highest BCUT2D eigenvalue weighted by atomic mass is 79.9. The topological polar surface area (TPSA) is 36.9 Å². The minimum absolute atomic E-state index is 0. The fourth-order valence-corrected chi connectivity index (χ4v) is 3.51. The molecule has 4 nitrogen and oxygen atoms in total. The standard InChI is InChI=1S/C27H29O4.BrH/c1-4-10-22(11-5-1)18-28-21-26-27(31-20-24-14-8-3-9-15-24)25(16-17-29-26)30-19-23-12-6-2-7-13-23;/h1-15,17,25-27H,16,18-21H2;1H/q+1;/p-1/t25-,26-,27+;/m1./s1/i16D;/t16-,25-,26-,27+;.